The lowest BCUT2D eigenvalue weighted by atomic mass is 10.1. The summed E-state index contributed by atoms with van der Waals surface area (Å²) in [7, 11) is 0. The zero-order chi connectivity index (χ0) is 24.2. The highest BCUT2D eigenvalue weighted by molar-refractivity contribution is 7.98. The molecule has 0 aliphatic heterocycles. The molecule has 0 saturated carbocycles. The van der Waals surface area contributed by atoms with Crippen molar-refractivity contribution in [2.45, 2.75) is 24.4 Å². The molecular formula is C28H23FN4OS. The third kappa shape index (κ3) is 5.25. The van der Waals surface area contributed by atoms with E-state index in [0.29, 0.717) is 22.3 Å². The Labute approximate surface area is 207 Å². The number of amides is 1. The molecule has 0 bridgehead atoms. The van der Waals surface area contributed by atoms with Gasteiger partial charge in [-0.25, -0.2) is 4.39 Å². The summed E-state index contributed by atoms with van der Waals surface area (Å²) in [6.45, 7) is 2.26. The van der Waals surface area contributed by atoms with Gasteiger partial charge in [0.15, 0.2) is 11.0 Å². The highest BCUT2D eigenvalue weighted by Gasteiger charge is 2.16. The van der Waals surface area contributed by atoms with Crippen LogP contribution in [0, 0.1) is 12.7 Å². The Kier molecular flexibility index (Phi) is 6.59. The van der Waals surface area contributed by atoms with Crippen molar-refractivity contribution < 1.29 is 9.18 Å². The molecule has 0 radical (unpaired) electrons. The summed E-state index contributed by atoms with van der Waals surface area (Å²) in [6.07, 6.45) is 0. The SMILES string of the molecule is Cc1ccc(-n2c(CNC(=O)c3ccc4ccccc4c3)nnc2SCc2ccc(F)cc2)cc1. The second-order valence-electron chi connectivity index (χ2n) is 8.23. The van der Waals surface area contributed by atoms with Gasteiger partial charge < -0.3 is 5.32 Å². The average Bonchev–Trinajstić information content (AvgIpc) is 3.30. The van der Waals surface area contributed by atoms with Crippen molar-refractivity contribution in [3.63, 3.8) is 0 Å². The smallest absolute Gasteiger partial charge is 0.251 e. The Morgan fingerprint density at radius 3 is 2.43 bits per heavy atom. The number of rotatable bonds is 7. The highest BCUT2D eigenvalue weighted by Crippen LogP contribution is 2.26. The molecule has 35 heavy (non-hydrogen) atoms. The quantitative estimate of drug-likeness (QED) is 0.285. The van der Waals surface area contributed by atoms with E-state index in [-0.39, 0.29) is 18.3 Å². The monoisotopic (exact) mass is 482 g/mol. The van der Waals surface area contributed by atoms with Gasteiger partial charge in [-0.15, -0.1) is 10.2 Å². The van der Waals surface area contributed by atoms with Gasteiger partial charge in [-0.1, -0.05) is 71.9 Å². The summed E-state index contributed by atoms with van der Waals surface area (Å²) in [5.41, 5.74) is 3.64. The number of hydrogen-bond acceptors (Lipinski definition) is 4. The molecule has 1 N–H and O–H groups in total. The third-order valence-electron chi connectivity index (χ3n) is 5.69. The predicted molar refractivity (Wildman–Crippen MR) is 137 cm³/mol. The van der Waals surface area contributed by atoms with Crippen LogP contribution in [0.3, 0.4) is 0 Å². The van der Waals surface area contributed by atoms with E-state index in [2.05, 4.69) is 15.5 Å². The van der Waals surface area contributed by atoms with E-state index in [4.69, 9.17) is 0 Å². The van der Waals surface area contributed by atoms with E-state index in [1.165, 1.54) is 23.9 Å². The summed E-state index contributed by atoms with van der Waals surface area (Å²) in [5, 5.41) is 14.6. The molecule has 0 spiro atoms. The Bertz CT molecular complexity index is 1480. The van der Waals surface area contributed by atoms with Gasteiger partial charge in [-0.2, -0.15) is 0 Å². The first kappa shape index (κ1) is 22.8. The summed E-state index contributed by atoms with van der Waals surface area (Å²) in [5.74, 6) is 0.818. The van der Waals surface area contributed by atoms with Crippen molar-refractivity contribution in [3.05, 3.63) is 119 Å². The zero-order valence-corrected chi connectivity index (χ0v) is 19.9. The minimum Gasteiger partial charge on any atom is -0.345 e. The van der Waals surface area contributed by atoms with E-state index in [0.717, 1.165) is 27.6 Å². The van der Waals surface area contributed by atoms with Gasteiger partial charge in [0, 0.05) is 17.0 Å². The summed E-state index contributed by atoms with van der Waals surface area (Å²) in [4.78, 5) is 12.9. The minimum atomic E-state index is -0.258. The van der Waals surface area contributed by atoms with Gasteiger partial charge in [0.25, 0.3) is 5.91 Å². The standard InChI is InChI=1S/C28H23FN4OS/c1-19-6-14-25(15-7-19)33-26(31-32-28(33)35-18-20-8-12-24(29)13-9-20)17-30-27(34)23-11-10-21-4-2-3-5-22(21)16-23/h2-16H,17-18H2,1H3,(H,30,34). The number of nitrogens with one attached hydrogen (secondary N) is 1. The highest BCUT2D eigenvalue weighted by atomic mass is 32.2. The van der Waals surface area contributed by atoms with Crippen LogP contribution in [-0.2, 0) is 12.3 Å². The van der Waals surface area contributed by atoms with Crippen LogP contribution in [0.5, 0.6) is 0 Å². The van der Waals surface area contributed by atoms with E-state index < -0.39 is 0 Å². The topological polar surface area (TPSA) is 59.8 Å². The number of benzene rings is 4. The molecule has 0 aliphatic rings. The van der Waals surface area contributed by atoms with Crippen molar-refractivity contribution >= 4 is 28.4 Å². The maximum Gasteiger partial charge on any atom is 0.251 e. The molecule has 1 aromatic heterocycles. The fourth-order valence-electron chi connectivity index (χ4n) is 3.78. The number of halogens is 1. The molecule has 0 saturated heterocycles. The van der Waals surface area contributed by atoms with E-state index in [1.54, 1.807) is 12.1 Å². The van der Waals surface area contributed by atoms with Crippen LogP contribution in [-0.4, -0.2) is 20.7 Å². The number of thioether (sulfide) groups is 1. The van der Waals surface area contributed by atoms with Crippen molar-refractivity contribution in [1.29, 1.82) is 0 Å². The van der Waals surface area contributed by atoms with E-state index >= 15 is 0 Å². The second-order valence-corrected chi connectivity index (χ2v) is 9.17. The van der Waals surface area contributed by atoms with Gasteiger partial charge in [-0.3, -0.25) is 9.36 Å². The van der Waals surface area contributed by atoms with Crippen LogP contribution in [0.4, 0.5) is 4.39 Å². The summed E-state index contributed by atoms with van der Waals surface area (Å²) >= 11 is 1.51. The maximum atomic E-state index is 13.3. The van der Waals surface area contributed by atoms with Gasteiger partial charge in [0.05, 0.1) is 6.54 Å². The molecular weight excluding hydrogens is 459 g/mol. The number of carbonyl (C=O) groups is 1. The van der Waals surface area contributed by atoms with Crippen molar-refractivity contribution in [1.82, 2.24) is 20.1 Å². The lowest BCUT2D eigenvalue weighted by molar-refractivity contribution is 0.0950. The first-order chi connectivity index (χ1) is 17.1. The molecule has 5 aromatic rings. The molecule has 0 aliphatic carbocycles. The van der Waals surface area contributed by atoms with Gasteiger partial charge in [0.1, 0.15) is 5.82 Å². The largest absolute Gasteiger partial charge is 0.345 e. The molecule has 0 atom stereocenters. The van der Waals surface area contributed by atoms with Crippen LogP contribution in [0.1, 0.15) is 27.3 Å². The Morgan fingerprint density at radius 1 is 0.914 bits per heavy atom. The van der Waals surface area contributed by atoms with Crippen LogP contribution in [0.25, 0.3) is 16.5 Å². The Balaban J connectivity index is 1.37. The number of nitrogens with zero attached hydrogens (tertiary/aromatic N) is 3. The van der Waals surface area contributed by atoms with Crippen LogP contribution < -0.4 is 5.32 Å². The van der Waals surface area contributed by atoms with Gasteiger partial charge in [-0.05, 0) is 59.7 Å². The van der Waals surface area contributed by atoms with Crippen molar-refractivity contribution in [3.8, 4) is 5.69 Å². The summed E-state index contributed by atoms with van der Waals surface area (Å²) in [6, 6.07) is 28.1. The Morgan fingerprint density at radius 2 is 1.66 bits per heavy atom. The average molecular weight is 483 g/mol. The zero-order valence-electron chi connectivity index (χ0n) is 19.1. The fraction of sp³-hybridized carbons (Fsp3) is 0.107. The van der Waals surface area contributed by atoms with Gasteiger partial charge in [0.2, 0.25) is 0 Å². The van der Waals surface area contributed by atoms with Crippen molar-refractivity contribution in [2.75, 3.05) is 0 Å². The molecule has 5 rings (SSSR count). The Hall–Kier alpha value is -3.97. The first-order valence-corrected chi connectivity index (χ1v) is 12.2. The molecule has 1 amide bonds. The second kappa shape index (κ2) is 10.1. The number of aromatic nitrogens is 3. The molecule has 0 unspecified atom stereocenters. The van der Waals surface area contributed by atoms with Crippen LogP contribution in [0.2, 0.25) is 0 Å². The molecule has 1 heterocycles. The molecule has 4 aromatic carbocycles. The van der Waals surface area contributed by atoms with Crippen LogP contribution in [0.15, 0.2) is 96.2 Å². The fourth-order valence-corrected chi connectivity index (χ4v) is 4.71. The minimum absolute atomic E-state index is 0.172. The lowest BCUT2D eigenvalue weighted by Gasteiger charge is -2.12. The number of fused-ring (bicyclic) bond motifs is 1. The van der Waals surface area contributed by atoms with Crippen molar-refractivity contribution in [2.24, 2.45) is 0 Å². The summed E-state index contributed by atoms with van der Waals surface area (Å²) < 4.78 is 15.2. The van der Waals surface area contributed by atoms with E-state index in [9.17, 15) is 9.18 Å². The van der Waals surface area contributed by atoms with Crippen LogP contribution >= 0.6 is 11.8 Å². The molecule has 5 nitrogen and oxygen atoms in total. The maximum absolute atomic E-state index is 13.3. The lowest BCUT2D eigenvalue weighted by Crippen LogP contribution is -2.24. The molecule has 0 fully saturated rings. The predicted octanol–water partition coefficient (Wildman–Crippen LogP) is 6.09. The number of carbonyl (C=O) groups excluding carboxylic acids is 1. The third-order valence-corrected chi connectivity index (χ3v) is 6.69. The number of hydrogen-bond donors (Lipinski definition) is 1. The molecule has 174 valence electrons. The first-order valence-electron chi connectivity index (χ1n) is 11.2. The normalized spacial score (nSPS) is 11.0. The number of aryl methyl sites for hydroxylation is 1. The van der Waals surface area contributed by atoms with E-state index in [1.807, 2.05) is 78.2 Å². The van der Waals surface area contributed by atoms with Gasteiger partial charge >= 0.3 is 0 Å². The molecule has 7 heteroatoms.